The summed E-state index contributed by atoms with van der Waals surface area (Å²) in [4.78, 5) is 12.0. The number of aliphatic carboxylic acids is 1. The Morgan fingerprint density at radius 1 is 1.27 bits per heavy atom. The summed E-state index contributed by atoms with van der Waals surface area (Å²) in [6, 6.07) is 0. The Labute approximate surface area is 134 Å². The first-order chi connectivity index (χ1) is 10.3. The van der Waals surface area contributed by atoms with Crippen molar-refractivity contribution in [1.82, 2.24) is 0 Å². The van der Waals surface area contributed by atoms with Gasteiger partial charge < -0.3 is 5.11 Å². The number of carboxylic acid groups (broad SMARTS) is 1. The molecule has 0 aromatic heterocycles. The van der Waals surface area contributed by atoms with Crippen molar-refractivity contribution in [2.75, 3.05) is 0 Å². The number of carboxylic acids is 1. The van der Waals surface area contributed by atoms with E-state index in [1.54, 1.807) is 5.57 Å². The molecule has 3 aliphatic carbocycles. The Morgan fingerprint density at radius 2 is 2.00 bits per heavy atom. The predicted octanol–water partition coefficient (Wildman–Crippen LogP) is 5.21. The molecule has 22 heavy (non-hydrogen) atoms. The number of fused-ring (bicyclic) bond motifs is 3. The van der Waals surface area contributed by atoms with Gasteiger partial charge in [-0.25, -0.2) is 0 Å². The molecule has 0 bridgehead atoms. The summed E-state index contributed by atoms with van der Waals surface area (Å²) in [5, 5.41) is 9.84. The molecule has 3 rings (SSSR count). The van der Waals surface area contributed by atoms with Crippen molar-refractivity contribution < 1.29 is 9.90 Å². The van der Waals surface area contributed by atoms with E-state index in [2.05, 4.69) is 32.6 Å². The van der Waals surface area contributed by atoms with Gasteiger partial charge in [0.15, 0.2) is 0 Å². The van der Waals surface area contributed by atoms with E-state index in [1.807, 2.05) is 6.92 Å². The number of allylic oxidation sites excluding steroid dienone is 3. The van der Waals surface area contributed by atoms with Crippen LogP contribution in [0.25, 0.3) is 0 Å². The van der Waals surface area contributed by atoms with E-state index in [1.165, 1.54) is 12.8 Å². The molecule has 0 aromatic carbocycles. The Bertz CT molecular complexity index is 534. The Balaban J connectivity index is 1.99. The number of rotatable bonds is 2. The van der Waals surface area contributed by atoms with Gasteiger partial charge in [0.1, 0.15) is 0 Å². The van der Waals surface area contributed by atoms with Crippen molar-refractivity contribution in [2.45, 2.75) is 65.7 Å². The maximum atomic E-state index is 12.0. The smallest absolute Gasteiger partial charge is 0.309 e. The molecule has 0 saturated heterocycles. The molecule has 3 aliphatic rings. The fourth-order valence-corrected chi connectivity index (χ4v) is 5.94. The molecule has 2 fully saturated rings. The molecule has 0 heterocycles. The third-order valence-corrected chi connectivity index (χ3v) is 7.38. The molecule has 0 unspecified atom stereocenters. The lowest BCUT2D eigenvalue weighted by molar-refractivity contribution is -0.164. The predicted molar refractivity (Wildman–Crippen MR) is 89.5 cm³/mol. The van der Waals surface area contributed by atoms with Gasteiger partial charge in [0.05, 0.1) is 5.41 Å². The number of carbonyl (C=O) groups is 1. The van der Waals surface area contributed by atoms with Gasteiger partial charge in [-0.2, -0.15) is 0 Å². The van der Waals surface area contributed by atoms with Gasteiger partial charge in [-0.15, -0.1) is 6.58 Å². The number of hydrogen-bond acceptors (Lipinski definition) is 1. The SMILES string of the molecule is C=C[C@@]1(C)C=C2CC[C@@H]3[C@@](C)(CCC[C@]3(C)C(=O)O)[C@H]2CC1. The van der Waals surface area contributed by atoms with E-state index in [0.29, 0.717) is 11.8 Å². The van der Waals surface area contributed by atoms with Gasteiger partial charge in [-0.05, 0) is 62.7 Å². The third-order valence-electron chi connectivity index (χ3n) is 7.38. The molecule has 2 nitrogen and oxygen atoms in total. The topological polar surface area (TPSA) is 37.3 Å². The summed E-state index contributed by atoms with van der Waals surface area (Å²) < 4.78 is 0. The summed E-state index contributed by atoms with van der Waals surface area (Å²) in [5.74, 6) is 0.322. The van der Waals surface area contributed by atoms with Gasteiger partial charge in [-0.3, -0.25) is 4.79 Å². The van der Waals surface area contributed by atoms with Crippen LogP contribution in [0.5, 0.6) is 0 Å². The summed E-state index contributed by atoms with van der Waals surface area (Å²) in [5.41, 5.74) is 1.36. The second kappa shape index (κ2) is 4.97. The molecule has 0 aromatic rings. The maximum Gasteiger partial charge on any atom is 0.309 e. The normalized spacial score (nSPS) is 47.9. The first-order valence-electron chi connectivity index (χ1n) is 8.84. The highest BCUT2D eigenvalue weighted by atomic mass is 16.4. The van der Waals surface area contributed by atoms with Crippen molar-refractivity contribution in [1.29, 1.82) is 0 Å². The lowest BCUT2D eigenvalue weighted by Gasteiger charge is -2.59. The van der Waals surface area contributed by atoms with Crippen LogP contribution in [0.3, 0.4) is 0 Å². The monoisotopic (exact) mass is 302 g/mol. The van der Waals surface area contributed by atoms with Gasteiger partial charge in [0.25, 0.3) is 0 Å². The summed E-state index contributed by atoms with van der Waals surface area (Å²) in [6.45, 7) is 10.7. The van der Waals surface area contributed by atoms with Crippen LogP contribution in [0.15, 0.2) is 24.3 Å². The van der Waals surface area contributed by atoms with Gasteiger partial charge in [0.2, 0.25) is 0 Å². The molecule has 2 saturated carbocycles. The first-order valence-corrected chi connectivity index (χ1v) is 8.84. The van der Waals surface area contributed by atoms with E-state index in [9.17, 15) is 9.90 Å². The van der Waals surface area contributed by atoms with Crippen LogP contribution >= 0.6 is 0 Å². The van der Waals surface area contributed by atoms with Crippen LogP contribution in [0.4, 0.5) is 0 Å². The minimum atomic E-state index is -0.581. The summed E-state index contributed by atoms with van der Waals surface area (Å²) in [6.07, 6.45) is 12.1. The van der Waals surface area contributed by atoms with Crippen molar-refractivity contribution in [3.05, 3.63) is 24.3 Å². The largest absolute Gasteiger partial charge is 0.481 e. The molecule has 2 heteroatoms. The van der Waals surface area contributed by atoms with Gasteiger partial charge >= 0.3 is 5.97 Å². The summed E-state index contributed by atoms with van der Waals surface area (Å²) in [7, 11) is 0. The van der Waals surface area contributed by atoms with E-state index in [0.717, 1.165) is 32.1 Å². The van der Waals surface area contributed by atoms with Crippen LogP contribution in [0.1, 0.15) is 65.7 Å². The van der Waals surface area contributed by atoms with Crippen molar-refractivity contribution in [3.8, 4) is 0 Å². The highest BCUT2D eigenvalue weighted by Crippen LogP contribution is 2.63. The molecule has 0 amide bonds. The average molecular weight is 302 g/mol. The van der Waals surface area contributed by atoms with Crippen LogP contribution in [-0.4, -0.2) is 11.1 Å². The second-order valence-electron chi connectivity index (χ2n) is 8.69. The molecule has 0 spiro atoms. The van der Waals surface area contributed by atoms with Crippen LogP contribution in [-0.2, 0) is 4.79 Å². The van der Waals surface area contributed by atoms with Crippen molar-refractivity contribution >= 4 is 5.97 Å². The first kappa shape index (κ1) is 15.8. The molecular weight excluding hydrogens is 272 g/mol. The molecule has 122 valence electrons. The fraction of sp³-hybridized carbons (Fsp3) is 0.750. The average Bonchev–Trinajstić information content (AvgIpc) is 2.46. The minimum absolute atomic E-state index is 0.139. The quantitative estimate of drug-likeness (QED) is 0.711. The van der Waals surface area contributed by atoms with E-state index < -0.39 is 11.4 Å². The second-order valence-corrected chi connectivity index (χ2v) is 8.69. The molecular formula is C20H30O2. The highest BCUT2D eigenvalue weighted by molar-refractivity contribution is 5.75. The zero-order valence-corrected chi connectivity index (χ0v) is 14.3. The Morgan fingerprint density at radius 3 is 2.64 bits per heavy atom. The van der Waals surface area contributed by atoms with Crippen molar-refractivity contribution in [3.63, 3.8) is 0 Å². The van der Waals surface area contributed by atoms with Gasteiger partial charge in [-0.1, -0.05) is 38.0 Å². The minimum Gasteiger partial charge on any atom is -0.481 e. The Kier molecular flexibility index (Phi) is 3.58. The molecule has 1 N–H and O–H groups in total. The van der Waals surface area contributed by atoms with E-state index in [4.69, 9.17) is 0 Å². The lowest BCUT2D eigenvalue weighted by Crippen LogP contribution is -2.54. The molecule has 0 radical (unpaired) electrons. The molecule has 5 atom stereocenters. The zero-order chi connectivity index (χ0) is 16.2. The third kappa shape index (κ3) is 2.10. The van der Waals surface area contributed by atoms with Gasteiger partial charge in [0, 0.05) is 5.41 Å². The number of hydrogen-bond donors (Lipinski definition) is 1. The Hall–Kier alpha value is -1.05. The lowest BCUT2D eigenvalue weighted by atomic mass is 9.45. The summed E-state index contributed by atoms with van der Waals surface area (Å²) >= 11 is 0. The van der Waals surface area contributed by atoms with E-state index >= 15 is 0 Å². The van der Waals surface area contributed by atoms with Crippen LogP contribution < -0.4 is 0 Å². The zero-order valence-electron chi connectivity index (χ0n) is 14.3. The highest BCUT2D eigenvalue weighted by Gasteiger charge is 2.58. The van der Waals surface area contributed by atoms with Crippen molar-refractivity contribution in [2.24, 2.45) is 28.1 Å². The standard InChI is InChI=1S/C20H30O2/c1-5-18(2)12-9-15-14(13-18)7-8-16-19(15,3)10-6-11-20(16,4)17(21)22/h5,13,15-16H,1,6-12H2,2-4H3,(H,21,22)/t15-,16+,18+,19-,20-/m0/s1. The fourth-order valence-electron chi connectivity index (χ4n) is 5.94. The van der Waals surface area contributed by atoms with Crippen LogP contribution in [0.2, 0.25) is 0 Å². The van der Waals surface area contributed by atoms with Crippen LogP contribution in [0, 0.1) is 28.1 Å². The maximum absolute atomic E-state index is 12.0. The van der Waals surface area contributed by atoms with E-state index in [-0.39, 0.29) is 10.8 Å². The molecule has 0 aliphatic heterocycles.